The first-order valence-electron chi connectivity index (χ1n) is 6.53. The predicted octanol–water partition coefficient (Wildman–Crippen LogP) is 2.89. The maximum absolute atomic E-state index is 13.5. The molecule has 1 atom stereocenters. The Balaban J connectivity index is 1.75. The van der Waals surface area contributed by atoms with E-state index in [-0.39, 0.29) is 6.54 Å². The number of nitrogens with two attached hydrogens (primary N) is 1. The summed E-state index contributed by atoms with van der Waals surface area (Å²) >= 11 is 0. The van der Waals surface area contributed by atoms with E-state index < -0.39 is 6.17 Å². The maximum atomic E-state index is 13.5. The maximum Gasteiger partial charge on any atom is 0.113 e. The zero-order chi connectivity index (χ0) is 10.5. The van der Waals surface area contributed by atoms with Crippen molar-refractivity contribution in [2.75, 3.05) is 6.54 Å². The number of hydrogen-bond acceptors (Lipinski definition) is 1. The van der Waals surface area contributed by atoms with Crippen LogP contribution in [0.1, 0.15) is 44.9 Å². The van der Waals surface area contributed by atoms with Crippen LogP contribution >= 0.6 is 0 Å². The van der Waals surface area contributed by atoms with E-state index in [1.165, 1.54) is 38.5 Å². The van der Waals surface area contributed by atoms with Crippen LogP contribution in [0.5, 0.6) is 0 Å². The molecule has 0 spiro atoms. The van der Waals surface area contributed by atoms with Crippen molar-refractivity contribution >= 4 is 0 Å². The molecule has 4 saturated carbocycles. The number of alkyl halides is 1. The summed E-state index contributed by atoms with van der Waals surface area (Å²) in [6, 6.07) is 0. The molecular formula is C13H22FN. The summed E-state index contributed by atoms with van der Waals surface area (Å²) in [5.41, 5.74) is 5.79. The van der Waals surface area contributed by atoms with Crippen molar-refractivity contribution in [2.45, 2.75) is 51.1 Å². The standard InChI is InChI=1S/C13H22FN/c14-12(8-15)7-13-4-9-1-10(5-13)3-11(2-9)6-13/h9-12H,1-8,15H2. The minimum atomic E-state index is -0.749. The fourth-order valence-corrected chi connectivity index (χ4v) is 5.09. The lowest BCUT2D eigenvalue weighted by atomic mass is 9.48. The normalized spacial score (nSPS) is 49.6. The highest BCUT2D eigenvalue weighted by Crippen LogP contribution is 2.61. The SMILES string of the molecule is NCC(F)CC12CC3CC(CC(C3)C1)C2. The van der Waals surface area contributed by atoms with Gasteiger partial charge < -0.3 is 5.73 Å². The Morgan fingerprint density at radius 2 is 1.53 bits per heavy atom. The molecule has 0 radical (unpaired) electrons. The van der Waals surface area contributed by atoms with Gasteiger partial charge in [-0.2, -0.15) is 0 Å². The molecule has 2 heteroatoms. The highest BCUT2D eigenvalue weighted by Gasteiger charge is 2.51. The Morgan fingerprint density at radius 1 is 1.07 bits per heavy atom. The van der Waals surface area contributed by atoms with E-state index in [1.807, 2.05) is 0 Å². The van der Waals surface area contributed by atoms with Crippen LogP contribution in [0, 0.1) is 23.2 Å². The van der Waals surface area contributed by atoms with Gasteiger partial charge in [-0.25, -0.2) is 4.39 Å². The lowest BCUT2D eigenvalue weighted by Crippen LogP contribution is -2.47. The van der Waals surface area contributed by atoms with Gasteiger partial charge in [0, 0.05) is 6.54 Å². The van der Waals surface area contributed by atoms with Crippen LogP contribution in [0.3, 0.4) is 0 Å². The van der Waals surface area contributed by atoms with Gasteiger partial charge in [0.2, 0.25) is 0 Å². The summed E-state index contributed by atoms with van der Waals surface area (Å²) in [4.78, 5) is 0. The minimum absolute atomic E-state index is 0.224. The van der Waals surface area contributed by atoms with Crippen LogP contribution < -0.4 is 5.73 Å². The van der Waals surface area contributed by atoms with Gasteiger partial charge in [-0.3, -0.25) is 0 Å². The van der Waals surface area contributed by atoms with Crippen molar-refractivity contribution in [1.29, 1.82) is 0 Å². The zero-order valence-electron chi connectivity index (χ0n) is 9.42. The zero-order valence-corrected chi connectivity index (χ0v) is 9.42. The molecule has 86 valence electrons. The van der Waals surface area contributed by atoms with Gasteiger partial charge in [-0.1, -0.05) is 0 Å². The molecule has 4 rings (SSSR count). The van der Waals surface area contributed by atoms with Crippen LogP contribution in [0.25, 0.3) is 0 Å². The van der Waals surface area contributed by atoms with Crippen LogP contribution in [0.15, 0.2) is 0 Å². The highest BCUT2D eigenvalue weighted by atomic mass is 19.1. The summed E-state index contributed by atoms with van der Waals surface area (Å²) in [6.07, 6.45) is 8.25. The molecule has 2 N–H and O–H groups in total. The molecule has 4 fully saturated rings. The highest BCUT2D eigenvalue weighted by molar-refractivity contribution is 5.02. The van der Waals surface area contributed by atoms with Crippen LogP contribution in [-0.2, 0) is 0 Å². The Kier molecular flexibility index (Phi) is 2.31. The van der Waals surface area contributed by atoms with Gasteiger partial charge in [-0.05, 0) is 68.1 Å². The van der Waals surface area contributed by atoms with Gasteiger partial charge in [-0.15, -0.1) is 0 Å². The van der Waals surface area contributed by atoms with E-state index in [0.29, 0.717) is 5.41 Å². The van der Waals surface area contributed by atoms with E-state index in [1.54, 1.807) is 0 Å². The average Bonchev–Trinajstić information content (AvgIpc) is 2.14. The third-order valence-corrected chi connectivity index (χ3v) is 5.08. The van der Waals surface area contributed by atoms with Gasteiger partial charge in [0.1, 0.15) is 6.17 Å². The molecule has 1 unspecified atom stereocenters. The van der Waals surface area contributed by atoms with Crippen molar-refractivity contribution < 1.29 is 4.39 Å². The molecule has 0 aromatic heterocycles. The third-order valence-electron chi connectivity index (χ3n) is 5.08. The van der Waals surface area contributed by atoms with Gasteiger partial charge in [0.05, 0.1) is 0 Å². The molecule has 4 aliphatic rings. The fourth-order valence-electron chi connectivity index (χ4n) is 5.09. The van der Waals surface area contributed by atoms with E-state index in [4.69, 9.17) is 5.73 Å². The summed E-state index contributed by atoms with van der Waals surface area (Å²) < 4.78 is 13.5. The lowest BCUT2D eigenvalue weighted by molar-refractivity contribution is -0.0669. The summed E-state index contributed by atoms with van der Waals surface area (Å²) in [5.74, 6) is 2.80. The summed E-state index contributed by atoms with van der Waals surface area (Å²) in [6.45, 7) is 0.224. The Morgan fingerprint density at radius 3 is 1.93 bits per heavy atom. The summed E-state index contributed by atoms with van der Waals surface area (Å²) in [7, 11) is 0. The van der Waals surface area contributed by atoms with Crippen molar-refractivity contribution in [2.24, 2.45) is 28.9 Å². The van der Waals surface area contributed by atoms with E-state index in [9.17, 15) is 4.39 Å². The van der Waals surface area contributed by atoms with E-state index in [2.05, 4.69) is 0 Å². The quantitative estimate of drug-likeness (QED) is 0.763. The van der Waals surface area contributed by atoms with Crippen LogP contribution in [0.2, 0.25) is 0 Å². The average molecular weight is 211 g/mol. The van der Waals surface area contributed by atoms with Gasteiger partial charge >= 0.3 is 0 Å². The molecule has 4 aliphatic carbocycles. The van der Waals surface area contributed by atoms with Crippen LogP contribution in [0.4, 0.5) is 4.39 Å². The lowest BCUT2D eigenvalue weighted by Gasteiger charge is -2.57. The fraction of sp³-hybridized carbons (Fsp3) is 1.00. The molecule has 4 bridgehead atoms. The van der Waals surface area contributed by atoms with Crippen molar-refractivity contribution in [3.63, 3.8) is 0 Å². The molecule has 15 heavy (non-hydrogen) atoms. The van der Waals surface area contributed by atoms with Crippen molar-refractivity contribution in [3.05, 3.63) is 0 Å². The molecule has 0 saturated heterocycles. The molecular weight excluding hydrogens is 189 g/mol. The molecule has 0 aliphatic heterocycles. The first-order chi connectivity index (χ1) is 7.19. The van der Waals surface area contributed by atoms with E-state index >= 15 is 0 Å². The number of halogens is 1. The third kappa shape index (κ3) is 1.71. The summed E-state index contributed by atoms with van der Waals surface area (Å²) in [5, 5.41) is 0. The topological polar surface area (TPSA) is 26.0 Å². The van der Waals surface area contributed by atoms with Gasteiger partial charge in [0.15, 0.2) is 0 Å². The molecule has 0 aromatic rings. The Hall–Kier alpha value is -0.110. The molecule has 0 amide bonds. The van der Waals surface area contributed by atoms with E-state index in [0.717, 1.165) is 24.2 Å². The smallest absolute Gasteiger partial charge is 0.113 e. The molecule has 0 aromatic carbocycles. The second-order valence-corrected chi connectivity index (χ2v) is 6.45. The first-order valence-corrected chi connectivity index (χ1v) is 6.53. The number of rotatable bonds is 3. The Labute approximate surface area is 91.6 Å². The second kappa shape index (κ2) is 3.44. The van der Waals surface area contributed by atoms with Crippen LogP contribution in [-0.4, -0.2) is 12.7 Å². The van der Waals surface area contributed by atoms with Crippen molar-refractivity contribution in [1.82, 2.24) is 0 Å². The molecule has 0 heterocycles. The van der Waals surface area contributed by atoms with Crippen molar-refractivity contribution in [3.8, 4) is 0 Å². The predicted molar refractivity (Wildman–Crippen MR) is 59.2 cm³/mol. The monoisotopic (exact) mass is 211 g/mol. The largest absolute Gasteiger partial charge is 0.328 e. The minimum Gasteiger partial charge on any atom is -0.328 e. The van der Waals surface area contributed by atoms with Gasteiger partial charge in [0.25, 0.3) is 0 Å². The Bertz CT molecular complexity index is 216. The number of hydrogen-bond donors (Lipinski definition) is 1. The first kappa shape index (κ1) is 10.1. The second-order valence-electron chi connectivity index (χ2n) is 6.45. The molecule has 1 nitrogen and oxygen atoms in total.